The van der Waals surface area contributed by atoms with Crippen LogP contribution in [-0.4, -0.2) is 22.4 Å². The molecule has 1 N–H and O–H groups in total. The van der Waals surface area contributed by atoms with Crippen molar-refractivity contribution >= 4 is 34.8 Å². The smallest absolute Gasteiger partial charge is 0.258 e. The predicted octanol–water partition coefficient (Wildman–Crippen LogP) is 4.85. The first-order valence-electron chi connectivity index (χ1n) is 8.30. The molecule has 1 aromatic heterocycles. The fraction of sp³-hybridized carbons (Fsp3) is 0.150. The van der Waals surface area contributed by atoms with Crippen molar-refractivity contribution in [3.8, 4) is 0 Å². The second-order valence-corrected chi connectivity index (χ2v) is 6.18. The van der Waals surface area contributed by atoms with Gasteiger partial charge in [0.25, 0.3) is 5.91 Å². The fourth-order valence-electron chi connectivity index (χ4n) is 2.50. The lowest BCUT2D eigenvalue weighted by Gasteiger charge is -2.20. The molecule has 0 bridgehead atoms. The number of halogens is 1. The maximum absolute atomic E-state index is 12.4. The van der Waals surface area contributed by atoms with Crippen molar-refractivity contribution in [2.45, 2.75) is 13.8 Å². The molecule has 1 heterocycles. The van der Waals surface area contributed by atoms with Crippen LogP contribution in [0.3, 0.4) is 0 Å². The molecule has 0 aliphatic heterocycles. The van der Waals surface area contributed by atoms with Gasteiger partial charge in [-0.15, -0.1) is 0 Å². The molecule has 0 saturated heterocycles. The normalized spacial score (nSPS) is 10.4. The van der Waals surface area contributed by atoms with Crippen molar-refractivity contribution in [3.63, 3.8) is 0 Å². The van der Waals surface area contributed by atoms with Crippen LogP contribution in [0.15, 0.2) is 60.9 Å². The summed E-state index contributed by atoms with van der Waals surface area (Å²) in [5, 5.41) is 3.41. The molecular weight excluding hydrogens is 348 g/mol. The molecule has 3 aromatic rings. The highest BCUT2D eigenvalue weighted by Crippen LogP contribution is 2.22. The number of carbonyl (C=O) groups excluding carboxylic acids is 1. The zero-order valence-electron chi connectivity index (χ0n) is 14.6. The van der Waals surface area contributed by atoms with Crippen LogP contribution >= 0.6 is 11.6 Å². The summed E-state index contributed by atoms with van der Waals surface area (Å²) in [7, 11) is 0. The van der Waals surface area contributed by atoms with E-state index in [1.807, 2.05) is 61.2 Å². The molecule has 1 amide bonds. The summed E-state index contributed by atoms with van der Waals surface area (Å²) in [5.74, 6) is 0.271. The van der Waals surface area contributed by atoms with Gasteiger partial charge in [0.05, 0.1) is 5.56 Å². The molecule has 5 nitrogen and oxygen atoms in total. The van der Waals surface area contributed by atoms with E-state index in [9.17, 15) is 4.79 Å². The topological polar surface area (TPSA) is 58.1 Å². The van der Waals surface area contributed by atoms with Crippen molar-refractivity contribution in [2.24, 2.45) is 0 Å². The Bertz CT molecular complexity index is 897. The van der Waals surface area contributed by atoms with E-state index in [4.69, 9.17) is 11.6 Å². The monoisotopic (exact) mass is 366 g/mol. The number of benzene rings is 2. The summed E-state index contributed by atoms with van der Waals surface area (Å²) in [6.45, 7) is 4.66. The minimum absolute atomic E-state index is 0.278. The van der Waals surface area contributed by atoms with Gasteiger partial charge in [0.1, 0.15) is 0 Å². The lowest BCUT2D eigenvalue weighted by molar-refractivity contribution is 0.102. The van der Waals surface area contributed by atoms with Crippen molar-refractivity contribution in [2.75, 3.05) is 16.8 Å². The first-order valence-corrected chi connectivity index (χ1v) is 8.68. The Morgan fingerprint density at radius 2 is 1.81 bits per heavy atom. The van der Waals surface area contributed by atoms with Crippen LogP contribution in [0.1, 0.15) is 22.8 Å². The van der Waals surface area contributed by atoms with Gasteiger partial charge < -0.3 is 10.2 Å². The SMILES string of the molecule is CCN(c1ccccc1)c1ncc(C(=O)Nc2ccc(C)c(Cl)c2)cn1. The zero-order chi connectivity index (χ0) is 18.5. The maximum atomic E-state index is 12.4. The van der Waals surface area contributed by atoms with Crippen LogP contribution in [0.2, 0.25) is 5.02 Å². The van der Waals surface area contributed by atoms with Crippen molar-refractivity contribution in [1.82, 2.24) is 9.97 Å². The van der Waals surface area contributed by atoms with E-state index in [0.717, 1.165) is 17.8 Å². The molecule has 3 rings (SSSR count). The van der Waals surface area contributed by atoms with Crippen LogP contribution in [0.4, 0.5) is 17.3 Å². The molecule has 0 radical (unpaired) electrons. The van der Waals surface area contributed by atoms with E-state index in [2.05, 4.69) is 15.3 Å². The molecule has 132 valence electrons. The largest absolute Gasteiger partial charge is 0.322 e. The number of nitrogens with one attached hydrogen (secondary N) is 1. The molecule has 0 aliphatic carbocycles. The van der Waals surface area contributed by atoms with Crippen molar-refractivity contribution in [1.29, 1.82) is 0 Å². The first-order chi connectivity index (χ1) is 12.6. The average Bonchev–Trinajstić information content (AvgIpc) is 2.67. The van der Waals surface area contributed by atoms with Gasteiger partial charge in [0, 0.05) is 35.3 Å². The Morgan fingerprint density at radius 3 is 2.42 bits per heavy atom. The van der Waals surface area contributed by atoms with E-state index in [1.165, 1.54) is 12.4 Å². The number of para-hydroxylation sites is 1. The van der Waals surface area contributed by atoms with Gasteiger partial charge in [-0.05, 0) is 43.7 Å². The lowest BCUT2D eigenvalue weighted by Crippen LogP contribution is -2.20. The van der Waals surface area contributed by atoms with Gasteiger partial charge in [0.15, 0.2) is 0 Å². The molecule has 0 spiro atoms. The Labute approximate surface area is 157 Å². The quantitative estimate of drug-likeness (QED) is 0.701. The number of hydrogen-bond acceptors (Lipinski definition) is 4. The van der Waals surface area contributed by atoms with Gasteiger partial charge >= 0.3 is 0 Å². The van der Waals surface area contributed by atoms with Crippen molar-refractivity contribution in [3.05, 3.63) is 77.1 Å². The number of hydrogen-bond donors (Lipinski definition) is 1. The number of nitrogens with zero attached hydrogens (tertiary/aromatic N) is 3. The van der Waals surface area contributed by atoms with Gasteiger partial charge in [0.2, 0.25) is 5.95 Å². The minimum Gasteiger partial charge on any atom is -0.322 e. The summed E-state index contributed by atoms with van der Waals surface area (Å²) in [5.41, 5.74) is 2.98. The van der Waals surface area contributed by atoms with Gasteiger partial charge in [-0.25, -0.2) is 9.97 Å². The summed E-state index contributed by atoms with van der Waals surface area (Å²) < 4.78 is 0. The Hall–Kier alpha value is -2.92. The number of anilines is 3. The second kappa shape index (κ2) is 7.97. The summed E-state index contributed by atoms with van der Waals surface area (Å²) >= 11 is 6.09. The molecule has 6 heteroatoms. The Morgan fingerprint density at radius 1 is 1.12 bits per heavy atom. The van der Waals surface area contributed by atoms with Crippen molar-refractivity contribution < 1.29 is 4.79 Å². The standard InChI is InChI=1S/C20H19ClN4O/c1-3-25(17-7-5-4-6-8-17)20-22-12-15(13-23-20)19(26)24-16-10-9-14(2)18(21)11-16/h4-13H,3H2,1-2H3,(H,24,26). The highest BCUT2D eigenvalue weighted by Gasteiger charge is 2.12. The number of carbonyl (C=O) groups is 1. The molecular formula is C20H19ClN4O. The van der Waals surface area contributed by atoms with Crippen LogP contribution in [0.5, 0.6) is 0 Å². The summed E-state index contributed by atoms with van der Waals surface area (Å²) in [4.78, 5) is 23.1. The van der Waals surface area contributed by atoms with Gasteiger partial charge in [-0.3, -0.25) is 4.79 Å². The second-order valence-electron chi connectivity index (χ2n) is 5.77. The zero-order valence-corrected chi connectivity index (χ0v) is 15.4. The first kappa shape index (κ1) is 17.9. The van der Waals surface area contributed by atoms with Crippen LogP contribution in [0.25, 0.3) is 0 Å². The third-order valence-corrected chi connectivity index (χ3v) is 4.36. The number of amides is 1. The molecule has 0 unspecified atom stereocenters. The highest BCUT2D eigenvalue weighted by atomic mass is 35.5. The van der Waals surface area contributed by atoms with E-state index in [1.54, 1.807) is 6.07 Å². The van der Waals surface area contributed by atoms with E-state index in [-0.39, 0.29) is 5.91 Å². The third-order valence-electron chi connectivity index (χ3n) is 3.96. The van der Waals surface area contributed by atoms with Crippen LogP contribution in [-0.2, 0) is 0 Å². The Balaban J connectivity index is 1.76. The van der Waals surface area contributed by atoms with Crippen LogP contribution in [0, 0.1) is 6.92 Å². The molecule has 0 saturated carbocycles. The minimum atomic E-state index is -0.278. The maximum Gasteiger partial charge on any atom is 0.258 e. The highest BCUT2D eigenvalue weighted by molar-refractivity contribution is 6.31. The van der Waals surface area contributed by atoms with E-state index < -0.39 is 0 Å². The van der Waals surface area contributed by atoms with Gasteiger partial charge in [-0.1, -0.05) is 35.9 Å². The lowest BCUT2D eigenvalue weighted by atomic mass is 10.2. The van der Waals surface area contributed by atoms with Crippen LogP contribution < -0.4 is 10.2 Å². The molecule has 2 aromatic carbocycles. The van der Waals surface area contributed by atoms with E-state index in [0.29, 0.717) is 22.2 Å². The molecule has 0 fully saturated rings. The number of aromatic nitrogens is 2. The predicted molar refractivity (Wildman–Crippen MR) is 105 cm³/mol. The third kappa shape index (κ3) is 4.00. The fourth-order valence-corrected chi connectivity index (χ4v) is 2.68. The average molecular weight is 367 g/mol. The summed E-state index contributed by atoms with van der Waals surface area (Å²) in [6, 6.07) is 15.3. The Kier molecular flexibility index (Phi) is 5.49. The molecule has 0 atom stereocenters. The molecule has 0 aliphatic rings. The number of aryl methyl sites for hydroxylation is 1. The molecule has 26 heavy (non-hydrogen) atoms. The van der Waals surface area contributed by atoms with Gasteiger partial charge in [-0.2, -0.15) is 0 Å². The van der Waals surface area contributed by atoms with E-state index >= 15 is 0 Å². The number of rotatable bonds is 5. The summed E-state index contributed by atoms with van der Waals surface area (Å²) in [6.07, 6.45) is 3.05.